The molecular formula is C8H23NO. The molecule has 10 heavy (non-hydrogen) atoms. The van der Waals surface area contributed by atoms with Crippen LogP contribution in [0.3, 0.4) is 0 Å². The van der Waals surface area contributed by atoms with E-state index < -0.39 is 0 Å². The van der Waals surface area contributed by atoms with Crippen LogP contribution in [-0.2, 0) is 0 Å². The van der Waals surface area contributed by atoms with Gasteiger partial charge in [0.2, 0.25) is 0 Å². The quantitative estimate of drug-likeness (QED) is 0.597. The number of hydrogen-bond donors (Lipinski definition) is 2. The zero-order valence-corrected chi connectivity index (χ0v) is 8.02. The first kappa shape index (κ1) is 16.5. The van der Waals surface area contributed by atoms with E-state index in [-0.39, 0.29) is 12.6 Å². The summed E-state index contributed by atoms with van der Waals surface area (Å²) in [5.74, 6) is 0. The highest BCUT2D eigenvalue weighted by atomic mass is 16.3. The van der Waals surface area contributed by atoms with Crippen LogP contribution in [0.2, 0.25) is 0 Å². The first-order valence-electron chi connectivity index (χ1n) is 4.05. The topological polar surface area (TPSA) is 46.2 Å². The van der Waals surface area contributed by atoms with E-state index in [1.54, 1.807) is 6.92 Å². The Balaban J connectivity index is -0.0000000847. The summed E-state index contributed by atoms with van der Waals surface area (Å²) in [7, 11) is 0. The van der Waals surface area contributed by atoms with Crippen LogP contribution in [0.15, 0.2) is 0 Å². The van der Waals surface area contributed by atoms with E-state index in [0.717, 1.165) is 0 Å². The monoisotopic (exact) mass is 149 g/mol. The van der Waals surface area contributed by atoms with Crippen molar-refractivity contribution in [2.24, 2.45) is 5.73 Å². The van der Waals surface area contributed by atoms with E-state index >= 15 is 0 Å². The van der Waals surface area contributed by atoms with Gasteiger partial charge < -0.3 is 10.8 Å². The highest BCUT2D eigenvalue weighted by Crippen LogP contribution is 1.62. The first-order valence-corrected chi connectivity index (χ1v) is 4.05. The maximum Gasteiger partial charge on any atom is 0.0579 e. The third kappa shape index (κ3) is 103. The summed E-state index contributed by atoms with van der Waals surface area (Å²) in [6.07, 6.45) is 1.25. The summed E-state index contributed by atoms with van der Waals surface area (Å²) in [6.45, 7) is 10.1. The number of aliphatic hydroxyl groups is 1. The Morgan fingerprint density at radius 3 is 1.40 bits per heavy atom. The fourth-order valence-corrected chi connectivity index (χ4v) is 0. The van der Waals surface area contributed by atoms with Crippen molar-refractivity contribution in [3.63, 3.8) is 0 Å². The van der Waals surface area contributed by atoms with Crippen molar-refractivity contribution in [2.75, 3.05) is 6.61 Å². The van der Waals surface area contributed by atoms with Crippen LogP contribution in [0.5, 0.6) is 0 Å². The van der Waals surface area contributed by atoms with Gasteiger partial charge in [-0.05, 0) is 6.92 Å². The molecule has 0 rings (SSSR count). The van der Waals surface area contributed by atoms with Gasteiger partial charge >= 0.3 is 0 Å². The maximum atomic E-state index is 8.02. The smallest absolute Gasteiger partial charge is 0.0579 e. The van der Waals surface area contributed by atoms with Crippen LogP contribution in [0.4, 0.5) is 0 Å². The lowest BCUT2D eigenvalue weighted by Gasteiger charge is -1.91. The minimum Gasteiger partial charge on any atom is -0.395 e. The molecule has 0 saturated carbocycles. The molecule has 2 nitrogen and oxygen atoms in total. The molecule has 3 N–H and O–H groups in total. The zero-order chi connectivity index (χ0) is 8.99. The van der Waals surface area contributed by atoms with Crippen LogP contribution in [0.1, 0.15) is 41.0 Å². The number of aliphatic hydroxyl groups excluding tert-OH is 1. The average molecular weight is 149 g/mol. The lowest BCUT2D eigenvalue weighted by atomic mass is 10.4. The molecule has 66 valence electrons. The summed E-state index contributed by atoms with van der Waals surface area (Å²) in [5, 5.41) is 8.02. The summed E-state index contributed by atoms with van der Waals surface area (Å²) in [6, 6.07) is -0.0602. The van der Waals surface area contributed by atoms with Gasteiger partial charge in [0.15, 0.2) is 0 Å². The van der Waals surface area contributed by atoms with Gasteiger partial charge in [-0.15, -0.1) is 0 Å². The predicted octanol–water partition coefficient (Wildman–Crippen LogP) is 1.77. The average Bonchev–Trinajstić information content (AvgIpc) is 1.94. The SMILES string of the molecule is CC.CC(N)CO.CCC. The third-order valence-corrected chi connectivity index (χ3v) is 0.288. The van der Waals surface area contributed by atoms with Crippen LogP contribution in [0, 0.1) is 0 Å². The predicted molar refractivity (Wildman–Crippen MR) is 48.0 cm³/mol. The van der Waals surface area contributed by atoms with Gasteiger partial charge in [-0.3, -0.25) is 0 Å². The molecule has 0 aliphatic carbocycles. The number of hydrogen-bond acceptors (Lipinski definition) is 2. The summed E-state index contributed by atoms with van der Waals surface area (Å²) < 4.78 is 0. The van der Waals surface area contributed by atoms with Crippen molar-refractivity contribution in [1.29, 1.82) is 0 Å². The van der Waals surface area contributed by atoms with E-state index in [1.807, 2.05) is 13.8 Å². The fourth-order valence-electron chi connectivity index (χ4n) is 0. The summed E-state index contributed by atoms with van der Waals surface area (Å²) >= 11 is 0. The van der Waals surface area contributed by atoms with Crippen LogP contribution >= 0.6 is 0 Å². The molecule has 0 aromatic rings. The van der Waals surface area contributed by atoms with Crippen LogP contribution in [0.25, 0.3) is 0 Å². The van der Waals surface area contributed by atoms with Crippen molar-refractivity contribution in [2.45, 2.75) is 47.1 Å². The van der Waals surface area contributed by atoms with Gasteiger partial charge in [-0.2, -0.15) is 0 Å². The van der Waals surface area contributed by atoms with E-state index in [0.29, 0.717) is 0 Å². The van der Waals surface area contributed by atoms with Gasteiger partial charge in [0, 0.05) is 6.04 Å². The third-order valence-electron chi connectivity index (χ3n) is 0.288. The van der Waals surface area contributed by atoms with Crippen molar-refractivity contribution < 1.29 is 5.11 Å². The summed E-state index contributed by atoms with van der Waals surface area (Å²) in [4.78, 5) is 0. The van der Waals surface area contributed by atoms with Crippen LogP contribution < -0.4 is 5.73 Å². The van der Waals surface area contributed by atoms with E-state index in [9.17, 15) is 0 Å². The summed E-state index contributed by atoms with van der Waals surface area (Å²) in [5.41, 5.74) is 5.04. The van der Waals surface area contributed by atoms with Gasteiger partial charge in [-0.25, -0.2) is 0 Å². The van der Waals surface area contributed by atoms with Crippen molar-refractivity contribution in [3.8, 4) is 0 Å². The Hall–Kier alpha value is -0.0800. The number of rotatable bonds is 1. The zero-order valence-electron chi connectivity index (χ0n) is 8.02. The van der Waals surface area contributed by atoms with Crippen LogP contribution in [-0.4, -0.2) is 17.8 Å². The second-order valence-electron chi connectivity index (χ2n) is 1.87. The lowest BCUT2D eigenvalue weighted by molar-refractivity contribution is 0.273. The molecule has 1 atom stereocenters. The van der Waals surface area contributed by atoms with Crippen molar-refractivity contribution in [1.82, 2.24) is 0 Å². The first-order chi connectivity index (χ1) is 4.68. The number of nitrogens with two attached hydrogens (primary N) is 1. The molecule has 0 fully saturated rings. The molecular weight excluding hydrogens is 126 g/mol. The van der Waals surface area contributed by atoms with Gasteiger partial charge in [0.25, 0.3) is 0 Å². The lowest BCUT2D eigenvalue weighted by Crippen LogP contribution is -2.18. The molecule has 0 heterocycles. The highest BCUT2D eigenvalue weighted by molar-refractivity contribution is 4.43. The molecule has 0 saturated heterocycles. The second-order valence-corrected chi connectivity index (χ2v) is 1.87. The Morgan fingerprint density at radius 1 is 1.30 bits per heavy atom. The Kier molecular flexibility index (Phi) is 38.1. The maximum absolute atomic E-state index is 8.02. The van der Waals surface area contributed by atoms with Gasteiger partial charge in [-0.1, -0.05) is 34.1 Å². The largest absolute Gasteiger partial charge is 0.395 e. The molecule has 0 aliphatic rings. The molecule has 0 aromatic heterocycles. The van der Waals surface area contributed by atoms with Crippen molar-refractivity contribution >= 4 is 0 Å². The molecule has 0 aromatic carbocycles. The molecule has 0 bridgehead atoms. The highest BCUT2D eigenvalue weighted by Gasteiger charge is 1.81. The van der Waals surface area contributed by atoms with E-state index in [4.69, 9.17) is 10.8 Å². The molecule has 0 aliphatic heterocycles. The fraction of sp³-hybridized carbons (Fsp3) is 1.00. The van der Waals surface area contributed by atoms with Crippen molar-refractivity contribution in [3.05, 3.63) is 0 Å². The Bertz CT molecular complexity index is 30.4. The molecule has 2 heteroatoms. The van der Waals surface area contributed by atoms with Gasteiger partial charge in [0.1, 0.15) is 0 Å². The standard InChI is InChI=1S/C3H9NO.C3H8.C2H6/c1-3(4)2-5;1-3-2;1-2/h3,5H,2,4H2,1H3;3H2,1-2H3;1-2H3. The van der Waals surface area contributed by atoms with E-state index in [2.05, 4.69) is 13.8 Å². The Labute approximate surface area is 65.4 Å². The molecule has 1 unspecified atom stereocenters. The molecule has 0 amide bonds. The van der Waals surface area contributed by atoms with Gasteiger partial charge in [0.05, 0.1) is 6.61 Å². The second kappa shape index (κ2) is 23.1. The minimum atomic E-state index is -0.0602. The van der Waals surface area contributed by atoms with E-state index in [1.165, 1.54) is 6.42 Å². The molecule has 0 radical (unpaired) electrons. The Morgan fingerprint density at radius 2 is 1.40 bits per heavy atom. The normalized spacial score (nSPS) is 9.90. The minimum absolute atomic E-state index is 0.0602. The molecule has 0 spiro atoms.